The van der Waals surface area contributed by atoms with Crippen LogP contribution in [0.3, 0.4) is 0 Å². The zero-order valence-corrected chi connectivity index (χ0v) is 11.2. The fourth-order valence-electron chi connectivity index (χ4n) is 2.23. The van der Waals surface area contributed by atoms with Gasteiger partial charge < -0.3 is 10.5 Å². The number of halogens is 2. The maximum atomic E-state index is 13.2. The molecule has 2 N–H and O–H groups in total. The van der Waals surface area contributed by atoms with Crippen molar-refractivity contribution in [1.29, 1.82) is 0 Å². The van der Waals surface area contributed by atoms with Crippen molar-refractivity contribution in [2.45, 2.75) is 44.4 Å². The highest BCUT2D eigenvalue weighted by Crippen LogP contribution is 2.22. The molecule has 0 bridgehead atoms. The lowest BCUT2D eigenvalue weighted by Gasteiger charge is -2.28. The van der Waals surface area contributed by atoms with Crippen molar-refractivity contribution in [2.75, 3.05) is 0 Å². The van der Waals surface area contributed by atoms with E-state index in [1.165, 1.54) is 25.0 Å². The van der Waals surface area contributed by atoms with Crippen LogP contribution >= 0.6 is 15.9 Å². The molecule has 1 aliphatic rings. The van der Waals surface area contributed by atoms with Gasteiger partial charge in [-0.2, -0.15) is 0 Å². The van der Waals surface area contributed by atoms with Gasteiger partial charge in [0.1, 0.15) is 5.82 Å². The molecular weight excluding hydrogens is 285 g/mol. The molecule has 0 heterocycles. The van der Waals surface area contributed by atoms with E-state index in [9.17, 15) is 4.39 Å². The summed E-state index contributed by atoms with van der Waals surface area (Å²) in [6, 6.07) is 4.94. The molecule has 17 heavy (non-hydrogen) atoms. The lowest BCUT2D eigenvalue weighted by molar-refractivity contribution is 0.00393. The van der Waals surface area contributed by atoms with Crippen LogP contribution in [0.1, 0.15) is 31.2 Å². The molecule has 1 fully saturated rings. The Morgan fingerprint density at radius 1 is 1.29 bits per heavy atom. The molecular formula is C13H17BrFNO. The highest BCUT2D eigenvalue weighted by molar-refractivity contribution is 9.10. The van der Waals surface area contributed by atoms with Crippen molar-refractivity contribution in [3.8, 4) is 0 Å². The molecule has 1 saturated carbocycles. The molecule has 0 amide bonds. The number of hydrogen-bond acceptors (Lipinski definition) is 2. The molecule has 4 heteroatoms. The molecule has 0 spiro atoms. The molecule has 1 aromatic carbocycles. The lowest BCUT2D eigenvalue weighted by atomic mass is 9.93. The maximum absolute atomic E-state index is 13.2. The van der Waals surface area contributed by atoms with Gasteiger partial charge in [0.2, 0.25) is 0 Å². The third-order valence-electron chi connectivity index (χ3n) is 3.14. The highest BCUT2D eigenvalue weighted by atomic mass is 79.9. The van der Waals surface area contributed by atoms with E-state index in [-0.39, 0.29) is 18.0 Å². The zero-order chi connectivity index (χ0) is 12.3. The van der Waals surface area contributed by atoms with Crippen molar-refractivity contribution in [3.05, 3.63) is 34.1 Å². The Bertz CT molecular complexity index is 365. The summed E-state index contributed by atoms with van der Waals surface area (Å²) in [5.41, 5.74) is 6.84. The fourth-order valence-corrected chi connectivity index (χ4v) is 2.74. The summed E-state index contributed by atoms with van der Waals surface area (Å²) in [4.78, 5) is 0. The average Bonchev–Trinajstić information content (AvgIpc) is 2.27. The van der Waals surface area contributed by atoms with Gasteiger partial charge in [0.15, 0.2) is 0 Å². The first-order valence-electron chi connectivity index (χ1n) is 5.97. The minimum atomic E-state index is -0.245. The Hall–Kier alpha value is -0.450. The van der Waals surface area contributed by atoms with Gasteiger partial charge in [-0.3, -0.25) is 0 Å². The number of nitrogens with two attached hydrogens (primary N) is 1. The fraction of sp³-hybridized carbons (Fsp3) is 0.538. The van der Waals surface area contributed by atoms with Crippen LogP contribution in [0.4, 0.5) is 4.39 Å². The molecule has 0 saturated heterocycles. The first-order valence-corrected chi connectivity index (χ1v) is 6.76. The normalized spacial score (nSPS) is 24.9. The summed E-state index contributed by atoms with van der Waals surface area (Å²) in [5.74, 6) is -0.245. The number of rotatable bonds is 3. The zero-order valence-electron chi connectivity index (χ0n) is 9.66. The maximum Gasteiger partial charge on any atom is 0.124 e. The van der Waals surface area contributed by atoms with E-state index in [0.29, 0.717) is 6.61 Å². The molecule has 0 radical (unpaired) electrons. The van der Waals surface area contributed by atoms with Crippen LogP contribution in [0.25, 0.3) is 0 Å². The smallest absolute Gasteiger partial charge is 0.124 e. The summed E-state index contributed by atoms with van der Waals surface area (Å²) in [5, 5.41) is 0. The molecule has 2 unspecified atom stereocenters. The predicted octanol–water partition coefficient (Wildman–Crippen LogP) is 3.37. The second kappa shape index (κ2) is 5.94. The molecule has 2 nitrogen and oxygen atoms in total. The summed E-state index contributed by atoms with van der Waals surface area (Å²) < 4.78 is 19.7. The molecule has 0 aromatic heterocycles. The van der Waals surface area contributed by atoms with Crippen LogP contribution in [0.2, 0.25) is 0 Å². The number of benzene rings is 1. The monoisotopic (exact) mass is 301 g/mol. The summed E-state index contributed by atoms with van der Waals surface area (Å²) in [7, 11) is 0. The molecule has 2 rings (SSSR count). The van der Waals surface area contributed by atoms with Crippen molar-refractivity contribution in [3.63, 3.8) is 0 Å². The highest BCUT2D eigenvalue weighted by Gasteiger charge is 2.22. The van der Waals surface area contributed by atoms with Crippen LogP contribution in [-0.2, 0) is 11.3 Å². The van der Waals surface area contributed by atoms with Crippen molar-refractivity contribution < 1.29 is 9.13 Å². The third-order valence-corrected chi connectivity index (χ3v) is 3.60. The molecule has 1 aromatic rings. The Morgan fingerprint density at radius 2 is 2.06 bits per heavy atom. The van der Waals surface area contributed by atoms with Gasteiger partial charge in [0.25, 0.3) is 0 Å². The van der Waals surface area contributed by atoms with Gasteiger partial charge in [-0.05, 0) is 36.6 Å². The summed E-state index contributed by atoms with van der Waals surface area (Å²) in [6.45, 7) is 0.425. The van der Waals surface area contributed by atoms with Crippen molar-refractivity contribution >= 4 is 15.9 Å². The van der Waals surface area contributed by atoms with Gasteiger partial charge in [0, 0.05) is 10.5 Å². The van der Waals surface area contributed by atoms with Gasteiger partial charge in [0.05, 0.1) is 12.7 Å². The van der Waals surface area contributed by atoms with Gasteiger partial charge in [-0.15, -0.1) is 0 Å². The third kappa shape index (κ3) is 3.76. The lowest BCUT2D eigenvalue weighted by Crippen LogP contribution is -2.39. The molecule has 2 atom stereocenters. The Labute approximate surface area is 109 Å². The second-order valence-electron chi connectivity index (χ2n) is 4.58. The second-order valence-corrected chi connectivity index (χ2v) is 5.49. The number of ether oxygens (including phenoxy) is 1. The van der Waals surface area contributed by atoms with E-state index < -0.39 is 0 Å². The molecule has 94 valence electrons. The van der Waals surface area contributed by atoms with Gasteiger partial charge >= 0.3 is 0 Å². The van der Waals surface area contributed by atoms with Crippen LogP contribution in [0, 0.1) is 5.82 Å². The van der Waals surface area contributed by atoms with E-state index in [1.807, 2.05) is 6.07 Å². The van der Waals surface area contributed by atoms with E-state index in [4.69, 9.17) is 10.5 Å². The SMILES string of the molecule is NC1CCCCC1OCc1cc(F)cc(Br)c1. The topological polar surface area (TPSA) is 35.2 Å². The summed E-state index contributed by atoms with van der Waals surface area (Å²) >= 11 is 3.27. The minimum absolute atomic E-state index is 0.116. The van der Waals surface area contributed by atoms with Crippen LogP contribution in [-0.4, -0.2) is 12.1 Å². The van der Waals surface area contributed by atoms with Crippen LogP contribution in [0.15, 0.2) is 22.7 Å². The quantitative estimate of drug-likeness (QED) is 0.929. The van der Waals surface area contributed by atoms with Crippen LogP contribution < -0.4 is 5.73 Å². The van der Waals surface area contributed by atoms with E-state index >= 15 is 0 Å². The van der Waals surface area contributed by atoms with E-state index in [1.54, 1.807) is 0 Å². The van der Waals surface area contributed by atoms with Gasteiger partial charge in [-0.1, -0.05) is 28.8 Å². The Kier molecular flexibility index (Phi) is 4.54. The Balaban J connectivity index is 1.92. The average molecular weight is 302 g/mol. The summed E-state index contributed by atoms with van der Waals surface area (Å²) in [6.07, 6.45) is 4.51. The molecule has 0 aliphatic heterocycles. The van der Waals surface area contributed by atoms with Crippen LogP contribution in [0.5, 0.6) is 0 Å². The first-order chi connectivity index (χ1) is 8.15. The Morgan fingerprint density at radius 3 is 2.76 bits per heavy atom. The largest absolute Gasteiger partial charge is 0.372 e. The minimum Gasteiger partial charge on any atom is -0.372 e. The van der Waals surface area contributed by atoms with Gasteiger partial charge in [-0.25, -0.2) is 4.39 Å². The standard InChI is InChI=1S/C13H17BrFNO/c14-10-5-9(6-11(15)7-10)8-17-13-4-2-1-3-12(13)16/h5-7,12-13H,1-4,8,16H2. The molecule has 1 aliphatic carbocycles. The van der Waals surface area contributed by atoms with E-state index in [0.717, 1.165) is 22.9 Å². The van der Waals surface area contributed by atoms with E-state index in [2.05, 4.69) is 15.9 Å². The van der Waals surface area contributed by atoms with Crippen molar-refractivity contribution in [1.82, 2.24) is 0 Å². The predicted molar refractivity (Wildman–Crippen MR) is 69.1 cm³/mol. The van der Waals surface area contributed by atoms with Crippen molar-refractivity contribution in [2.24, 2.45) is 5.73 Å². The first kappa shape index (κ1) is 13.0. The number of hydrogen-bond donors (Lipinski definition) is 1.